The van der Waals surface area contributed by atoms with E-state index < -0.39 is 11.0 Å². The summed E-state index contributed by atoms with van der Waals surface area (Å²) in [5, 5.41) is 2.30. The van der Waals surface area contributed by atoms with E-state index in [2.05, 4.69) is 53.8 Å². The molecule has 4 aromatic rings. The van der Waals surface area contributed by atoms with E-state index in [4.69, 9.17) is 4.74 Å². The highest BCUT2D eigenvalue weighted by molar-refractivity contribution is 5.75. The van der Waals surface area contributed by atoms with Crippen molar-refractivity contribution < 1.29 is 14.8 Å². The molecule has 4 aromatic carbocycles. The Morgan fingerprint density at radius 2 is 1.06 bits per heavy atom. The lowest BCUT2D eigenvalue weighted by molar-refractivity contribution is -0.668. The fourth-order valence-electron chi connectivity index (χ4n) is 5.58. The predicted octanol–water partition coefficient (Wildman–Crippen LogP) is 5.21. The first-order chi connectivity index (χ1) is 17.2. The van der Waals surface area contributed by atoms with Crippen LogP contribution in [-0.4, -0.2) is 19.1 Å². The van der Waals surface area contributed by atoms with Crippen LogP contribution in [0.3, 0.4) is 0 Å². The van der Waals surface area contributed by atoms with E-state index in [-0.39, 0.29) is 12.4 Å². The number of benzene rings is 4. The van der Waals surface area contributed by atoms with E-state index in [0.29, 0.717) is 0 Å². The minimum absolute atomic E-state index is 0.174. The number of ether oxygens (including phenoxy) is 1. The number of carbonyl (C=O) groups is 1. The summed E-state index contributed by atoms with van der Waals surface area (Å²) < 4.78 is 6.53. The van der Waals surface area contributed by atoms with Crippen LogP contribution in [0.1, 0.15) is 41.5 Å². The predicted molar refractivity (Wildman–Crippen MR) is 139 cm³/mol. The van der Waals surface area contributed by atoms with E-state index in [1.54, 1.807) is 0 Å². The first-order valence-electron chi connectivity index (χ1n) is 12.5. The van der Waals surface area contributed by atoms with Gasteiger partial charge in [-0.2, -0.15) is 0 Å². The minimum Gasteiger partial charge on any atom is -0.454 e. The van der Waals surface area contributed by atoms with Gasteiger partial charge in [-0.25, -0.2) is 0 Å². The van der Waals surface area contributed by atoms with Gasteiger partial charge in [0.15, 0.2) is 0 Å². The fourth-order valence-corrected chi connectivity index (χ4v) is 5.58. The molecule has 0 bridgehead atoms. The van der Waals surface area contributed by atoms with Gasteiger partial charge in [0.1, 0.15) is 5.60 Å². The maximum atomic E-state index is 14.0. The first kappa shape index (κ1) is 23.1. The van der Waals surface area contributed by atoms with Crippen molar-refractivity contribution in [1.29, 1.82) is 0 Å². The summed E-state index contributed by atoms with van der Waals surface area (Å²) >= 11 is 0. The van der Waals surface area contributed by atoms with Crippen LogP contribution in [0.15, 0.2) is 121 Å². The summed E-state index contributed by atoms with van der Waals surface area (Å²) in [7, 11) is 0. The molecule has 0 unspecified atom stereocenters. The Kier molecular flexibility index (Phi) is 6.78. The Bertz CT molecular complexity index is 1120. The Morgan fingerprint density at radius 1 is 0.657 bits per heavy atom. The number of rotatable bonds is 7. The van der Waals surface area contributed by atoms with Crippen LogP contribution in [0.25, 0.3) is 0 Å². The van der Waals surface area contributed by atoms with Crippen LogP contribution in [0.4, 0.5) is 0 Å². The van der Waals surface area contributed by atoms with E-state index in [0.717, 1.165) is 48.2 Å². The number of piperidine rings is 1. The van der Waals surface area contributed by atoms with Crippen LogP contribution in [0.5, 0.6) is 0 Å². The van der Waals surface area contributed by atoms with Gasteiger partial charge in [0.05, 0.1) is 24.9 Å². The molecule has 35 heavy (non-hydrogen) atoms. The SMILES string of the molecule is O=C(CC(c1ccccc1)(c1ccccc1)c1ccccc1)OC1(c2ccccc2)CC[NH2+]CC1. The van der Waals surface area contributed by atoms with Gasteiger partial charge >= 0.3 is 5.97 Å². The average molecular weight is 463 g/mol. The van der Waals surface area contributed by atoms with E-state index in [1.165, 1.54) is 0 Å². The van der Waals surface area contributed by atoms with Crippen molar-refractivity contribution in [3.63, 3.8) is 0 Å². The Hall–Kier alpha value is -3.69. The van der Waals surface area contributed by atoms with Crippen molar-refractivity contribution >= 4 is 5.97 Å². The van der Waals surface area contributed by atoms with Gasteiger partial charge in [-0.05, 0) is 22.3 Å². The molecular weight excluding hydrogens is 430 g/mol. The van der Waals surface area contributed by atoms with Gasteiger partial charge in [-0.15, -0.1) is 0 Å². The average Bonchev–Trinajstić information content (AvgIpc) is 2.94. The molecule has 0 radical (unpaired) electrons. The third-order valence-corrected chi connectivity index (χ3v) is 7.32. The molecule has 1 fully saturated rings. The number of carbonyl (C=O) groups excluding carboxylic acids is 1. The van der Waals surface area contributed by atoms with Gasteiger partial charge in [-0.1, -0.05) is 121 Å². The highest BCUT2D eigenvalue weighted by Gasteiger charge is 2.44. The molecule has 0 aliphatic carbocycles. The van der Waals surface area contributed by atoms with Crippen molar-refractivity contribution in [2.24, 2.45) is 0 Å². The minimum atomic E-state index is -0.653. The van der Waals surface area contributed by atoms with Crippen LogP contribution in [0, 0.1) is 0 Å². The lowest BCUT2D eigenvalue weighted by atomic mass is 9.67. The second-order valence-corrected chi connectivity index (χ2v) is 9.38. The fraction of sp³-hybridized carbons (Fsp3) is 0.219. The number of hydrogen-bond acceptors (Lipinski definition) is 2. The Labute approximate surface area is 207 Å². The van der Waals surface area contributed by atoms with Crippen LogP contribution in [0.2, 0.25) is 0 Å². The second-order valence-electron chi connectivity index (χ2n) is 9.38. The number of esters is 1. The van der Waals surface area contributed by atoms with E-state index in [1.807, 2.05) is 72.8 Å². The molecule has 0 amide bonds. The smallest absolute Gasteiger partial charge is 0.308 e. The third kappa shape index (κ3) is 4.65. The van der Waals surface area contributed by atoms with Crippen molar-refractivity contribution in [3.8, 4) is 0 Å². The zero-order chi connectivity index (χ0) is 24.0. The van der Waals surface area contributed by atoms with Gasteiger partial charge in [-0.3, -0.25) is 4.79 Å². The molecule has 176 valence electrons. The number of hydrogen-bond donors (Lipinski definition) is 1. The third-order valence-electron chi connectivity index (χ3n) is 7.32. The summed E-state index contributed by atoms with van der Waals surface area (Å²) in [6.07, 6.45) is 1.86. The number of nitrogens with two attached hydrogens (primary N) is 1. The first-order valence-corrected chi connectivity index (χ1v) is 12.5. The largest absolute Gasteiger partial charge is 0.454 e. The molecule has 5 rings (SSSR count). The Morgan fingerprint density at radius 3 is 1.49 bits per heavy atom. The summed E-state index contributed by atoms with van der Waals surface area (Å²) in [6, 6.07) is 41.3. The Balaban J connectivity index is 1.59. The maximum absolute atomic E-state index is 14.0. The quantitative estimate of drug-likeness (QED) is 0.303. The topological polar surface area (TPSA) is 42.9 Å². The number of quaternary nitrogens is 1. The van der Waals surface area contributed by atoms with Gasteiger partial charge in [0, 0.05) is 12.8 Å². The molecule has 1 aliphatic rings. The molecule has 1 saturated heterocycles. The molecule has 2 N–H and O–H groups in total. The molecule has 3 heteroatoms. The molecule has 3 nitrogen and oxygen atoms in total. The maximum Gasteiger partial charge on any atom is 0.308 e. The molecule has 0 atom stereocenters. The highest BCUT2D eigenvalue weighted by Crippen LogP contribution is 2.44. The van der Waals surface area contributed by atoms with Crippen LogP contribution >= 0.6 is 0 Å². The molecule has 0 saturated carbocycles. The summed E-state index contributed by atoms with van der Waals surface area (Å²) in [5.41, 5.74) is 3.11. The molecule has 1 aliphatic heterocycles. The summed E-state index contributed by atoms with van der Waals surface area (Å²) in [5.74, 6) is -0.174. The van der Waals surface area contributed by atoms with Crippen molar-refractivity contribution in [2.75, 3.05) is 13.1 Å². The van der Waals surface area contributed by atoms with Gasteiger partial charge in [0.25, 0.3) is 0 Å². The summed E-state index contributed by atoms with van der Waals surface area (Å²) in [6.45, 7) is 1.90. The zero-order valence-corrected chi connectivity index (χ0v) is 20.0. The van der Waals surface area contributed by atoms with Crippen molar-refractivity contribution in [3.05, 3.63) is 144 Å². The lowest BCUT2D eigenvalue weighted by Gasteiger charge is -2.39. The van der Waals surface area contributed by atoms with Crippen LogP contribution < -0.4 is 5.32 Å². The van der Waals surface area contributed by atoms with Gasteiger partial charge in [0.2, 0.25) is 0 Å². The summed E-state index contributed by atoms with van der Waals surface area (Å²) in [4.78, 5) is 14.0. The zero-order valence-electron chi connectivity index (χ0n) is 20.0. The molecule has 1 heterocycles. The molecular formula is C32H32NO2+. The highest BCUT2D eigenvalue weighted by atomic mass is 16.6. The second kappa shape index (κ2) is 10.3. The van der Waals surface area contributed by atoms with Crippen molar-refractivity contribution in [1.82, 2.24) is 0 Å². The van der Waals surface area contributed by atoms with E-state index in [9.17, 15) is 4.79 Å². The van der Waals surface area contributed by atoms with Crippen molar-refractivity contribution in [2.45, 2.75) is 30.3 Å². The standard InChI is InChI=1S/C32H31NO2/c34-30(35-31(21-23-33-24-22-31)26-13-5-1-6-14-26)25-32(27-15-7-2-8-16-27,28-17-9-3-10-18-28)29-19-11-4-12-20-29/h1-20,33H,21-25H2/p+1. The van der Waals surface area contributed by atoms with E-state index >= 15 is 0 Å². The van der Waals surface area contributed by atoms with Gasteiger partial charge < -0.3 is 10.1 Å². The molecule has 0 aromatic heterocycles. The molecule has 0 spiro atoms. The normalized spacial score (nSPS) is 15.3. The van der Waals surface area contributed by atoms with Crippen LogP contribution in [-0.2, 0) is 20.5 Å². The lowest BCUT2D eigenvalue weighted by Crippen LogP contribution is -2.87. The monoisotopic (exact) mass is 462 g/mol.